The van der Waals surface area contributed by atoms with Crippen molar-refractivity contribution in [3.8, 4) is 5.69 Å². The minimum atomic E-state index is 0. The van der Waals surface area contributed by atoms with Crippen LogP contribution < -0.4 is 9.55 Å². The fraction of sp³-hybridized carbons (Fsp3) is 0.267. The molecule has 0 spiro atoms. The van der Waals surface area contributed by atoms with Crippen molar-refractivity contribution in [2.75, 3.05) is 0 Å². The average Bonchev–Trinajstić information content (AvgIpc) is 3.38. The van der Waals surface area contributed by atoms with E-state index >= 15 is 0 Å². The molecule has 0 amide bonds. The molecule has 3 nitrogen and oxygen atoms in total. The Kier molecular flexibility index (Phi) is 8.56. The van der Waals surface area contributed by atoms with Crippen molar-refractivity contribution in [1.29, 1.82) is 0 Å². The number of benzene rings is 3. The van der Waals surface area contributed by atoms with Gasteiger partial charge in [0.1, 0.15) is 5.69 Å². The third kappa shape index (κ3) is 5.21. The Hall–Kier alpha value is -2.90. The second-order valence-electron chi connectivity index (χ2n) is 9.18. The molecule has 5 rings (SSSR count). The molecule has 5 heteroatoms. The van der Waals surface area contributed by atoms with Crippen molar-refractivity contribution in [1.82, 2.24) is 4.98 Å². The predicted octanol–water partition coefficient (Wildman–Crippen LogP) is 8.19. The molecule has 0 N–H and O–H groups in total. The molecule has 35 heavy (non-hydrogen) atoms. The summed E-state index contributed by atoms with van der Waals surface area (Å²) in [4.78, 5) is 9.29. The number of thiazole rings is 1. The standard InChI is InChI=1S/C17H23NS.C13H7N2.Cu/c1-11(2)15-8-7-9-16(12(3)4)17(15)18-10-19-14(6)13(18)5;1-14-12-8-4-6-10-9-5-2-3-7-11(9)15-13(10)12;/h7-9,11-12H,1-6H3;2-8H;/q;-1;+2. The molecule has 1 radical (unpaired) electrons. The zero-order chi connectivity index (χ0) is 24.4. The molecule has 2 aromatic heterocycles. The van der Waals surface area contributed by atoms with Crippen LogP contribution in [0, 0.1) is 25.9 Å². The van der Waals surface area contributed by atoms with E-state index in [0.29, 0.717) is 17.5 Å². The molecule has 0 aliphatic heterocycles. The van der Waals surface area contributed by atoms with Crippen LogP contribution in [-0.4, -0.2) is 0 Å². The second-order valence-corrected chi connectivity index (χ2v) is 10.2. The van der Waals surface area contributed by atoms with Crippen LogP contribution >= 0.6 is 11.3 Å². The van der Waals surface area contributed by atoms with Gasteiger partial charge < -0.3 is 4.98 Å². The Morgan fingerprint density at radius 2 is 1.46 bits per heavy atom. The predicted molar refractivity (Wildman–Crippen MR) is 143 cm³/mol. The monoisotopic (exact) mass is 527 g/mol. The van der Waals surface area contributed by atoms with Gasteiger partial charge in [0, 0.05) is 0 Å². The van der Waals surface area contributed by atoms with Crippen LogP contribution in [0.25, 0.3) is 32.3 Å². The number of nitrogens with zero attached hydrogens (tertiary/aromatic N) is 3. The first-order valence-corrected chi connectivity index (χ1v) is 12.5. The summed E-state index contributed by atoms with van der Waals surface area (Å²) >= 11 is 1.70. The fourth-order valence-electron chi connectivity index (χ4n) is 4.27. The van der Waals surface area contributed by atoms with Crippen molar-refractivity contribution >= 4 is 38.8 Å². The summed E-state index contributed by atoms with van der Waals surface area (Å²) in [6.45, 7) is 20.5. The molecule has 0 unspecified atom stereocenters. The van der Waals surface area contributed by atoms with Gasteiger partial charge in [-0.3, -0.25) is 4.57 Å². The molecule has 0 saturated carbocycles. The summed E-state index contributed by atoms with van der Waals surface area (Å²) in [6.07, 6.45) is 0. The van der Waals surface area contributed by atoms with Crippen molar-refractivity contribution in [3.05, 3.63) is 99.3 Å². The molecule has 0 saturated heterocycles. The van der Waals surface area contributed by atoms with Gasteiger partial charge in [0.15, 0.2) is 5.69 Å². The normalized spacial score (nSPS) is 10.8. The maximum atomic E-state index is 7.08. The van der Waals surface area contributed by atoms with Crippen molar-refractivity contribution in [2.45, 2.75) is 53.4 Å². The number of hydrogen-bond donors (Lipinski definition) is 0. The Balaban J connectivity index is 0.000000194. The SMILES string of the molecule is Cc1s[c-][n+](-c2c(C(C)C)cccc2C(C)C)c1C.[C-]#[N+]c1cccc2c1[n-]c1ccccc12.[Cu+2]. The van der Waals surface area contributed by atoms with E-state index < -0.39 is 0 Å². The molecule has 0 atom stereocenters. The van der Waals surface area contributed by atoms with Gasteiger partial charge in [-0.1, -0.05) is 95.3 Å². The quantitative estimate of drug-likeness (QED) is 0.132. The van der Waals surface area contributed by atoms with Crippen LogP contribution in [-0.2, 0) is 17.1 Å². The second kappa shape index (κ2) is 11.2. The topological polar surface area (TPSA) is 22.3 Å². The van der Waals surface area contributed by atoms with Gasteiger partial charge in [-0.2, -0.15) is 11.3 Å². The van der Waals surface area contributed by atoms with Crippen LogP contribution in [0.4, 0.5) is 5.69 Å². The first kappa shape index (κ1) is 26.7. The van der Waals surface area contributed by atoms with Gasteiger partial charge in [0.2, 0.25) is 5.51 Å². The Bertz CT molecular complexity index is 1480. The number of aryl methyl sites for hydroxylation is 1. The fourth-order valence-corrected chi connectivity index (χ4v) is 4.97. The number of aromatic nitrogens is 2. The molecule has 181 valence electrons. The third-order valence-electron chi connectivity index (χ3n) is 6.26. The molecule has 0 aliphatic rings. The van der Waals surface area contributed by atoms with E-state index in [0.717, 1.165) is 21.8 Å². The molecule has 0 aliphatic carbocycles. The maximum absolute atomic E-state index is 7.08. The number of para-hydroxylation sites is 3. The Morgan fingerprint density at radius 3 is 2.03 bits per heavy atom. The minimum Gasteiger partial charge on any atom is -0.666 e. The smallest absolute Gasteiger partial charge is 0.666 e. The molecule has 2 heterocycles. The first-order chi connectivity index (χ1) is 16.3. The van der Waals surface area contributed by atoms with E-state index in [4.69, 9.17) is 6.57 Å². The van der Waals surface area contributed by atoms with Gasteiger partial charge in [-0.25, -0.2) is 4.85 Å². The van der Waals surface area contributed by atoms with E-state index in [1.54, 1.807) is 17.4 Å². The molecular formula is C30H30CuN3S+. The number of rotatable bonds is 3. The van der Waals surface area contributed by atoms with Gasteiger partial charge in [0.25, 0.3) is 0 Å². The summed E-state index contributed by atoms with van der Waals surface area (Å²) in [7, 11) is 0. The van der Waals surface area contributed by atoms with Gasteiger partial charge >= 0.3 is 17.1 Å². The van der Waals surface area contributed by atoms with Crippen LogP contribution in [0.1, 0.15) is 61.2 Å². The van der Waals surface area contributed by atoms with Gasteiger partial charge in [-0.05, 0) is 45.5 Å². The summed E-state index contributed by atoms with van der Waals surface area (Å²) in [5, 5.41) is 2.19. The van der Waals surface area contributed by atoms with Crippen LogP contribution in [0.2, 0.25) is 0 Å². The number of hydrogen-bond acceptors (Lipinski definition) is 1. The van der Waals surface area contributed by atoms with E-state index in [1.165, 1.54) is 27.4 Å². The largest absolute Gasteiger partial charge is 2.00 e. The maximum Gasteiger partial charge on any atom is 2.00 e. The molecule has 0 bridgehead atoms. The van der Waals surface area contributed by atoms with Crippen LogP contribution in [0.3, 0.4) is 0 Å². The van der Waals surface area contributed by atoms with Gasteiger partial charge in [-0.15, -0.1) is 11.0 Å². The van der Waals surface area contributed by atoms with E-state index in [1.807, 2.05) is 36.4 Å². The molecule has 3 aromatic carbocycles. The Morgan fingerprint density at radius 1 is 0.857 bits per heavy atom. The molecule has 5 aromatic rings. The summed E-state index contributed by atoms with van der Waals surface area (Å²) in [6, 6.07) is 20.4. The minimum absolute atomic E-state index is 0. The number of fused-ring (bicyclic) bond motifs is 3. The summed E-state index contributed by atoms with van der Waals surface area (Å²) in [5.41, 5.74) is 11.3. The van der Waals surface area contributed by atoms with E-state index in [-0.39, 0.29) is 17.1 Å². The molecule has 0 fully saturated rings. The average molecular weight is 528 g/mol. The van der Waals surface area contributed by atoms with Crippen molar-refractivity contribution in [3.63, 3.8) is 0 Å². The first-order valence-electron chi connectivity index (χ1n) is 11.7. The van der Waals surface area contributed by atoms with E-state index in [9.17, 15) is 0 Å². The summed E-state index contributed by atoms with van der Waals surface area (Å²) in [5.74, 6) is 1.04. The van der Waals surface area contributed by atoms with Crippen molar-refractivity contribution < 1.29 is 21.6 Å². The van der Waals surface area contributed by atoms with Crippen molar-refractivity contribution in [2.24, 2.45) is 0 Å². The molecular weight excluding hydrogens is 498 g/mol. The van der Waals surface area contributed by atoms with Gasteiger partial charge in [0.05, 0.1) is 12.3 Å². The summed E-state index contributed by atoms with van der Waals surface area (Å²) < 4.78 is 2.25. The zero-order valence-corrected chi connectivity index (χ0v) is 22.7. The van der Waals surface area contributed by atoms with Crippen LogP contribution in [0.5, 0.6) is 0 Å². The van der Waals surface area contributed by atoms with Crippen LogP contribution in [0.15, 0.2) is 60.7 Å². The van der Waals surface area contributed by atoms with E-state index in [2.05, 4.69) is 79.6 Å². The Labute approximate surface area is 223 Å². The zero-order valence-electron chi connectivity index (χ0n) is 21.0. The third-order valence-corrected chi connectivity index (χ3v) is 7.14.